The number of allylic oxidation sites excluding steroid dienone is 8. The van der Waals surface area contributed by atoms with E-state index in [2.05, 4.69) is 118 Å². The van der Waals surface area contributed by atoms with Crippen LogP contribution in [0.3, 0.4) is 0 Å². The van der Waals surface area contributed by atoms with Gasteiger partial charge in [0.2, 0.25) is 0 Å². The molecule has 0 saturated heterocycles. The molecule has 0 bridgehead atoms. The maximum absolute atomic E-state index is 2.54. The third-order valence-corrected chi connectivity index (χ3v) is 12.2. The first-order valence-corrected chi connectivity index (χ1v) is 13.1. The summed E-state index contributed by atoms with van der Waals surface area (Å²) in [7, 11) is -0.557. The van der Waals surface area contributed by atoms with Gasteiger partial charge in [0, 0.05) is 0 Å². The van der Waals surface area contributed by atoms with E-state index in [0.717, 1.165) is 6.42 Å². The first-order valence-electron chi connectivity index (χ1n) is 10.9. The van der Waals surface area contributed by atoms with Crippen molar-refractivity contribution in [3.63, 3.8) is 0 Å². The van der Waals surface area contributed by atoms with E-state index in [-0.39, 0.29) is 53.1 Å². The maximum atomic E-state index is 2.54. The van der Waals surface area contributed by atoms with Crippen molar-refractivity contribution in [3.8, 4) is 0 Å². The zero-order valence-electron chi connectivity index (χ0n) is 20.8. The van der Waals surface area contributed by atoms with E-state index in [4.69, 9.17) is 0 Å². The topological polar surface area (TPSA) is 0 Å². The Labute approximate surface area is 229 Å². The second-order valence-electron chi connectivity index (χ2n) is 10.6. The van der Waals surface area contributed by atoms with Crippen molar-refractivity contribution >= 4 is 14.7 Å². The van der Waals surface area contributed by atoms with E-state index < -0.39 is 9.52 Å². The fourth-order valence-corrected chi connectivity index (χ4v) is 9.78. The third kappa shape index (κ3) is 5.78. The normalized spacial score (nSPS) is 25.2. The molecule has 2 aliphatic rings. The summed E-state index contributed by atoms with van der Waals surface area (Å²) < 4.78 is 1.64. The summed E-state index contributed by atoms with van der Waals surface area (Å²) in [6.45, 7) is 19.0. The molecule has 1 aromatic carbocycles. The minimum absolute atomic E-state index is 0. The first-order chi connectivity index (χ1) is 13.4. The van der Waals surface area contributed by atoms with E-state index in [1.165, 1.54) is 17.5 Å². The molecular formula is C27H37Cl3SiTi. The molecule has 0 spiro atoms. The molecule has 0 fully saturated rings. The second-order valence-corrected chi connectivity index (χ2v) is 13.7. The molecule has 0 heterocycles. The predicted molar refractivity (Wildman–Crippen MR) is 127 cm³/mol. The van der Waals surface area contributed by atoms with Crippen molar-refractivity contribution in [2.75, 3.05) is 0 Å². The molecule has 0 radical (unpaired) electrons. The van der Waals surface area contributed by atoms with Crippen LogP contribution < -0.4 is 42.4 Å². The SMILES string of the molecule is CC1=C(C)C(CC2(C(C)(C)C)C=CC=CC2)([SiH2]c2cc(C)cc(C)c2)[C]([Ti+3])=C1C.[Cl-].[Cl-].[Cl-]. The van der Waals surface area contributed by atoms with Gasteiger partial charge in [0.25, 0.3) is 0 Å². The fourth-order valence-electron chi connectivity index (χ4n) is 5.55. The standard InChI is InChI=1S/C27H37Si.3ClH.Ti/c1-19-14-20(2)16-24(15-19)28-27(17-21(3)22(4)23(27)5)18-26(25(6,7)8)12-10-9-11-13-26;;;;/h9-12,14-16H,13,18,28H2,1-8H3;3*1H;/q;;;;+3/p-3. The second kappa shape index (κ2) is 11.6. The van der Waals surface area contributed by atoms with Crippen LogP contribution in [-0.4, -0.2) is 9.52 Å². The van der Waals surface area contributed by atoms with Crippen LogP contribution in [0.15, 0.2) is 63.1 Å². The molecule has 0 aromatic heterocycles. The Morgan fingerprint density at radius 3 is 1.84 bits per heavy atom. The number of hydrogen-bond acceptors (Lipinski definition) is 0. The van der Waals surface area contributed by atoms with Crippen LogP contribution in [0.1, 0.15) is 65.5 Å². The van der Waals surface area contributed by atoms with Crippen molar-refractivity contribution in [1.82, 2.24) is 0 Å². The zero-order chi connectivity index (χ0) is 21.6. The quantitative estimate of drug-likeness (QED) is 0.365. The summed E-state index contributed by atoms with van der Waals surface area (Å²) in [6.07, 6.45) is 11.8. The van der Waals surface area contributed by atoms with Gasteiger partial charge in [-0.15, -0.1) is 0 Å². The monoisotopic (exact) mass is 542 g/mol. The van der Waals surface area contributed by atoms with Crippen LogP contribution in [0.2, 0.25) is 5.04 Å². The van der Waals surface area contributed by atoms with Gasteiger partial charge >= 0.3 is 193 Å². The molecule has 0 N–H and O–H groups in total. The molecule has 0 nitrogen and oxygen atoms in total. The molecular weight excluding hydrogens is 507 g/mol. The summed E-state index contributed by atoms with van der Waals surface area (Å²) in [6, 6.07) is 7.24. The molecule has 2 unspecified atom stereocenters. The number of hydrogen-bond donors (Lipinski definition) is 0. The number of aryl methyl sites for hydroxylation is 2. The van der Waals surface area contributed by atoms with E-state index in [0.29, 0.717) is 0 Å². The Balaban J connectivity index is 0.00000320. The van der Waals surface area contributed by atoms with Gasteiger partial charge in [0.1, 0.15) is 0 Å². The summed E-state index contributed by atoms with van der Waals surface area (Å²) in [4.78, 5) is 0. The smallest absolute Gasteiger partial charge is 1.00 e. The average Bonchev–Trinajstić information content (AvgIpc) is 2.77. The summed E-state index contributed by atoms with van der Waals surface area (Å²) in [5, 5.41) is 1.85. The van der Waals surface area contributed by atoms with Crippen LogP contribution in [-0.2, 0) is 20.4 Å². The van der Waals surface area contributed by atoms with E-state index >= 15 is 0 Å². The Hall–Kier alpha value is -0.0188. The molecule has 1 aromatic rings. The van der Waals surface area contributed by atoms with Gasteiger partial charge < -0.3 is 37.2 Å². The Bertz CT molecular complexity index is 906. The van der Waals surface area contributed by atoms with Crippen molar-refractivity contribution in [2.24, 2.45) is 10.8 Å². The predicted octanol–water partition coefficient (Wildman–Crippen LogP) is -2.62. The number of halogens is 3. The van der Waals surface area contributed by atoms with Crippen LogP contribution >= 0.6 is 0 Å². The number of benzene rings is 1. The number of rotatable bonds is 4. The van der Waals surface area contributed by atoms with Crippen LogP contribution in [0.25, 0.3) is 0 Å². The minimum atomic E-state index is -0.557. The third-order valence-electron chi connectivity index (χ3n) is 7.74. The molecule has 5 heteroatoms. The molecule has 32 heavy (non-hydrogen) atoms. The van der Waals surface area contributed by atoms with Gasteiger partial charge in [-0.3, -0.25) is 0 Å². The summed E-state index contributed by atoms with van der Waals surface area (Å²) >= 11 is 2.43. The van der Waals surface area contributed by atoms with E-state index in [9.17, 15) is 0 Å². The van der Waals surface area contributed by atoms with Gasteiger partial charge in [-0.1, -0.05) is 0 Å². The van der Waals surface area contributed by atoms with Gasteiger partial charge in [-0.05, 0) is 0 Å². The van der Waals surface area contributed by atoms with Gasteiger partial charge in [0.15, 0.2) is 0 Å². The zero-order valence-corrected chi connectivity index (χ0v) is 26.0. The van der Waals surface area contributed by atoms with Crippen molar-refractivity contribution in [3.05, 3.63) is 74.2 Å². The molecule has 0 saturated carbocycles. The molecule has 3 rings (SSSR count). The average molecular weight is 544 g/mol. The first kappa shape index (κ1) is 32.0. The molecule has 0 aliphatic heterocycles. The van der Waals surface area contributed by atoms with Crippen LogP contribution in [0.4, 0.5) is 0 Å². The van der Waals surface area contributed by atoms with Gasteiger partial charge in [-0.25, -0.2) is 0 Å². The molecule has 174 valence electrons. The maximum Gasteiger partial charge on any atom is -1.00 e. The van der Waals surface area contributed by atoms with E-state index in [1.54, 1.807) is 25.8 Å². The van der Waals surface area contributed by atoms with Crippen molar-refractivity contribution in [2.45, 2.75) is 73.3 Å². The van der Waals surface area contributed by atoms with Crippen molar-refractivity contribution in [1.29, 1.82) is 0 Å². The fraction of sp³-hybridized carbons (Fsp3) is 0.481. The molecule has 0 amide bonds. The van der Waals surface area contributed by atoms with Gasteiger partial charge in [0.05, 0.1) is 0 Å². The minimum Gasteiger partial charge on any atom is -1.00 e. The largest absolute Gasteiger partial charge is 1.00 e. The summed E-state index contributed by atoms with van der Waals surface area (Å²) in [5.74, 6) is 0. The molecule has 2 aliphatic carbocycles. The Morgan fingerprint density at radius 1 is 0.875 bits per heavy atom. The Morgan fingerprint density at radius 2 is 1.44 bits per heavy atom. The van der Waals surface area contributed by atoms with Gasteiger partial charge in [-0.2, -0.15) is 0 Å². The Kier molecular flexibility index (Phi) is 11.6. The van der Waals surface area contributed by atoms with E-state index in [1.807, 2.05) is 0 Å². The summed E-state index contributed by atoms with van der Waals surface area (Å²) in [5.41, 5.74) is 7.96. The van der Waals surface area contributed by atoms with Crippen molar-refractivity contribution < 1.29 is 57.7 Å². The molecule has 2 atom stereocenters. The van der Waals surface area contributed by atoms with Crippen LogP contribution in [0.5, 0.6) is 0 Å². The van der Waals surface area contributed by atoms with Crippen LogP contribution in [0, 0.1) is 24.7 Å².